The smallest absolute Gasteiger partial charge is 0.277 e. The molecular weight excluding hydrogens is 284 g/mol. The highest BCUT2D eigenvalue weighted by Crippen LogP contribution is 2.42. The van der Waals surface area contributed by atoms with E-state index >= 15 is 0 Å². The molecule has 2 aromatic heterocycles. The van der Waals surface area contributed by atoms with Gasteiger partial charge in [0.25, 0.3) is 5.91 Å². The molecule has 6 heteroatoms. The Morgan fingerprint density at radius 1 is 1.43 bits per heavy atom. The van der Waals surface area contributed by atoms with Gasteiger partial charge in [0.05, 0.1) is 17.9 Å². The molecule has 0 radical (unpaired) electrons. The fourth-order valence-electron chi connectivity index (χ4n) is 2.67. The molecule has 1 amide bonds. The van der Waals surface area contributed by atoms with Crippen molar-refractivity contribution in [2.45, 2.75) is 44.2 Å². The number of hydrogen-bond donors (Lipinski definition) is 2. The van der Waals surface area contributed by atoms with Crippen molar-refractivity contribution < 1.29 is 4.79 Å². The van der Waals surface area contributed by atoms with Gasteiger partial charge in [-0.1, -0.05) is 6.07 Å². The van der Waals surface area contributed by atoms with Crippen molar-refractivity contribution in [1.29, 1.82) is 0 Å². The summed E-state index contributed by atoms with van der Waals surface area (Å²) in [4.78, 5) is 15.9. The van der Waals surface area contributed by atoms with Crippen LogP contribution in [0.5, 0.6) is 0 Å². The Hall–Kier alpha value is -1.82. The molecule has 2 heterocycles. The van der Waals surface area contributed by atoms with Gasteiger partial charge in [0, 0.05) is 16.8 Å². The van der Waals surface area contributed by atoms with Crippen molar-refractivity contribution in [3.63, 3.8) is 0 Å². The van der Waals surface area contributed by atoms with Crippen molar-refractivity contribution >= 4 is 22.9 Å². The van der Waals surface area contributed by atoms with Crippen molar-refractivity contribution in [3.05, 3.63) is 33.8 Å². The molecule has 21 heavy (non-hydrogen) atoms. The minimum atomic E-state index is -0.0356. The third-order valence-electron chi connectivity index (χ3n) is 4.18. The Bertz CT molecular complexity index is 655. The number of carbonyl (C=O) groups excluding carboxylic acids is 1. The van der Waals surface area contributed by atoms with Gasteiger partial charge in [-0.15, -0.1) is 11.3 Å². The number of amides is 1. The Kier molecular flexibility index (Phi) is 2.99. The van der Waals surface area contributed by atoms with E-state index in [0.29, 0.717) is 29.9 Å². The van der Waals surface area contributed by atoms with Crippen molar-refractivity contribution in [2.75, 3.05) is 5.73 Å². The number of rotatable bonds is 5. The van der Waals surface area contributed by atoms with Crippen LogP contribution in [0.15, 0.2) is 17.5 Å². The fraction of sp³-hybridized carbons (Fsp3) is 0.467. The number of nitrogen functional groups attached to an aromatic ring is 1. The molecule has 2 fully saturated rings. The highest BCUT2D eigenvalue weighted by molar-refractivity contribution is 7.09. The SMILES string of the molecule is Nc1c(C(=O)N(Cc2cccs2)C2CC2)n[nH]c1C1CC1. The van der Waals surface area contributed by atoms with E-state index in [1.54, 1.807) is 11.3 Å². The van der Waals surface area contributed by atoms with E-state index in [-0.39, 0.29) is 5.91 Å². The molecule has 4 rings (SSSR count). The topological polar surface area (TPSA) is 75.0 Å². The van der Waals surface area contributed by atoms with Gasteiger partial charge in [-0.2, -0.15) is 5.10 Å². The average molecular weight is 302 g/mol. The van der Waals surface area contributed by atoms with E-state index in [9.17, 15) is 4.79 Å². The molecule has 0 aliphatic heterocycles. The number of nitrogens with zero attached hydrogens (tertiary/aromatic N) is 2. The molecule has 0 spiro atoms. The number of anilines is 1. The molecule has 2 aliphatic rings. The normalized spacial score (nSPS) is 17.9. The largest absolute Gasteiger partial charge is 0.395 e. The maximum Gasteiger partial charge on any atom is 0.277 e. The van der Waals surface area contributed by atoms with Gasteiger partial charge in [-0.25, -0.2) is 0 Å². The van der Waals surface area contributed by atoms with Gasteiger partial charge in [0.15, 0.2) is 5.69 Å². The Morgan fingerprint density at radius 2 is 2.24 bits per heavy atom. The maximum atomic E-state index is 12.8. The highest BCUT2D eigenvalue weighted by Gasteiger charge is 2.37. The molecule has 2 saturated carbocycles. The van der Waals surface area contributed by atoms with Crippen molar-refractivity contribution in [3.8, 4) is 0 Å². The molecule has 0 bridgehead atoms. The predicted molar refractivity (Wildman–Crippen MR) is 82.2 cm³/mol. The molecule has 3 N–H and O–H groups in total. The first-order chi connectivity index (χ1) is 10.2. The molecule has 2 aliphatic carbocycles. The quantitative estimate of drug-likeness (QED) is 0.891. The number of H-pyrrole nitrogens is 1. The number of aromatic nitrogens is 2. The van der Waals surface area contributed by atoms with Crippen LogP contribution in [0.1, 0.15) is 52.7 Å². The van der Waals surface area contributed by atoms with Crippen molar-refractivity contribution in [2.24, 2.45) is 0 Å². The first-order valence-electron chi connectivity index (χ1n) is 7.41. The molecule has 0 aromatic carbocycles. The summed E-state index contributed by atoms with van der Waals surface area (Å²) in [6.07, 6.45) is 4.44. The first-order valence-corrected chi connectivity index (χ1v) is 8.29. The molecule has 0 saturated heterocycles. The average Bonchev–Trinajstić information content (AvgIpc) is 3.41. The van der Waals surface area contributed by atoms with Gasteiger partial charge in [0.2, 0.25) is 0 Å². The number of nitrogens with one attached hydrogen (secondary N) is 1. The summed E-state index contributed by atoms with van der Waals surface area (Å²) in [7, 11) is 0. The van der Waals surface area contributed by atoms with E-state index in [1.807, 2.05) is 16.3 Å². The minimum Gasteiger partial charge on any atom is -0.395 e. The van der Waals surface area contributed by atoms with E-state index < -0.39 is 0 Å². The number of thiophene rings is 1. The van der Waals surface area contributed by atoms with Crippen LogP contribution < -0.4 is 5.73 Å². The monoisotopic (exact) mass is 302 g/mol. The first kappa shape index (κ1) is 12.9. The van der Waals surface area contributed by atoms with Gasteiger partial charge in [-0.3, -0.25) is 9.89 Å². The zero-order valence-corrected chi connectivity index (χ0v) is 12.5. The lowest BCUT2D eigenvalue weighted by molar-refractivity contribution is 0.0726. The zero-order valence-electron chi connectivity index (χ0n) is 11.7. The van der Waals surface area contributed by atoms with Crippen LogP contribution >= 0.6 is 11.3 Å². The lowest BCUT2D eigenvalue weighted by Crippen LogP contribution is -2.33. The van der Waals surface area contributed by atoms with Crippen LogP contribution in [-0.2, 0) is 6.54 Å². The molecule has 5 nitrogen and oxygen atoms in total. The maximum absolute atomic E-state index is 12.8. The number of nitrogens with two attached hydrogens (primary N) is 1. The second-order valence-corrected chi connectivity index (χ2v) is 6.95. The van der Waals surface area contributed by atoms with Crippen LogP contribution in [0.4, 0.5) is 5.69 Å². The molecule has 110 valence electrons. The number of carbonyl (C=O) groups is 1. The third-order valence-corrected chi connectivity index (χ3v) is 5.04. The van der Waals surface area contributed by atoms with E-state index in [1.165, 1.54) is 4.88 Å². The summed E-state index contributed by atoms with van der Waals surface area (Å²) in [5.41, 5.74) is 8.05. The zero-order chi connectivity index (χ0) is 14.4. The lowest BCUT2D eigenvalue weighted by atomic mass is 10.2. The van der Waals surface area contributed by atoms with Crippen LogP contribution in [0, 0.1) is 0 Å². The minimum absolute atomic E-state index is 0.0356. The Labute approximate surface area is 127 Å². The standard InChI is InChI=1S/C15H18N4OS/c16-12-13(9-3-4-9)17-18-14(12)15(20)19(10-5-6-10)8-11-2-1-7-21-11/h1-2,7,9-10H,3-6,8,16H2,(H,17,18). The van der Waals surface area contributed by atoms with E-state index in [2.05, 4.69) is 16.3 Å². The van der Waals surface area contributed by atoms with Gasteiger partial charge in [0.1, 0.15) is 0 Å². The fourth-order valence-corrected chi connectivity index (χ4v) is 3.37. The second-order valence-electron chi connectivity index (χ2n) is 5.92. The van der Waals surface area contributed by atoms with E-state index in [4.69, 9.17) is 5.73 Å². The Balaban J connectivity index is 1.58. The highest BCUT2D eigenvalue weighted by atomic mass is 32.1. The molecule has 2 aromatic rings. The van der Waals surface area contributed by atoms with Crippen LogP contribution in [0.3, 0.4) is 0 Å². The van der Waals surface area contributed by atoms with Crippen LogP contribution in [0.25, 0.3) is 0 Å². The van der Waals surface area contributed by atoms with Gasteiger partial charge >= 0.3 is 0 Å². The Morgan fingerprint density at radius 3 is 2.86 bits per heavy atom. The van der Waals surface area contributed by atoms with Gasteiger partial charge < -0.3 is 10.6 Å². The van der Waals surface area contributed by atoms with E-state index in [0.717, 1.165) is 31.4 Å². The number of aromatic amines is 1. The molecule has 0 atom stereocenters. The van der Waals surface area contributed by atoms with Crippen LogP contribution in [0.2, 0.25) is 0 Å². The summed E-state index contributed by atoms with van der Waals surface area (Å²) < 4.78 is 0. The summed E-state index contributed by atoms with van der Waals surface area (Å²) in [5, 5.41) is 9.21. The summed E-state index contributed by atoms with van der Waals surface area (Å²) in [6.45, 7) is 0.659. The third kappa shape index (κ3) is 2.44. The number of hydrogen-bond acceptors (Lipinski definition) is 4. The van der Waals surface area contributed by atoms with Crippen LogP contribution in [-0.4, -0.2) is 27.0 Å². The van der Waals surface area contributed by atoms with Crippen molar-refractivity contribution in [1.82, 2.24) is 15.1 Å². The molecule has 0 unspecified atom stereocenters. The predicted octanol–water partition coefficient (Wildman–Crippen LogP) is 2.74. The summed E-state index contributed by atoms with van der Waals surface area (Å²) >= 11 is 1.68. The summed E-state index contributed by atoms with van der Waals surface area (Å²) in [6, 6.07) is 4.43. The van der Waals surface area contributed by atoms with Gasteiger partial charge in [-0.05, 0) is 37.1 Å². The second kappa shape index (κ2) is 4.87. The summed E-state index contributed by atoms with van der Waals surface area (Å²) in [5.74, 6) is 0.442. The molecular formula is C15H18N4OS. The lowest BCUT2D eigenvalue weighted by Gasteiger charge is -2.21.